The van der Waals surface area contributed by atoms with Crippen molar-refractivity contribution in [1.29, 1.82) is 0 Å². The molecule has 0 radical (unpaired) electrons. The second-order valence-electron chi connectivity index (χ2n) is 8.81. The van der Waals surface area contributed by atoms with Crippen LogP contribution in [0.4, 0.5) is 19.3 Å². The first kappa shape index (κ1) is 23.7. The predicted molar refractivity (Wildman–Crippen MR) is 120 cm³/mol. The molecule has 1 aromatic heterocycles. The van der Waals surface area contributed by atoms with Gasteiger partial charge in [-0.15, -0.1) is 12.4 Å². The van der Waals surface area contributed by atoms with E-state index in [4.69, 9.17) is 9.84 Å². The summed E-state index contributed by atoms with van der Waals surface area (Å²) in [5.41, 5.74) is -1.55. The van der Waals surface area contributed by atoms with Crippen LogP contribution in [0, 0.1) is 17.6 Å². The molecule has 1 aliphatic carbocycles. The number of likely N-dealkylation sites (N-methyl/N-ethyl adjacent to an activating group) is 1. The van der Waals surface area contributed by atoms with Gasteiger partial charge in [-0.3, -0.25) is 4.79 Å². The molecule has 33 heavy (non-hydrogen) atoms. The number of nitrogens with zero attached hydrogens (tertiary/aromatic N) is 2. The highest BCUT2D eigenvalue weighted by Crippen LogP contribution is 2.44. The summed E-state index contributed by atoms with van der Waals surface area (Å²) in [6.45, 7) is 4.79. The molecule has 5 rings (SSSR count). The molecule has 11 heteroatoms. The lowest BCUT2D eigenvalue weighted by molar-refractivity contribution is 0.00595. The number of halogens is 3. The largest absolute Gasteiger partial charge is 0.511 e. The van der Waals surface area contributed by atoms with E-state index in [0.717, 1.165) is 31.9 Å². The van der Waals surface area contributed by atoms with Gasteiger partial charge in [-0.05, 0) is 31.9 Å². The third-order valence-electron chi connectivity index (χ3n) is 6.78. The number of benzene rings is 1. The maximum Gasteiger partial charge on any atom is 0.511 e. The van der Waals surface area contributed by atoms with Crippen LogP contribution in [0.5, 0.6) is 5.75 Å². The summed E-state index contributed by atoms with van der Waals surface area (Å²) in [7, 11) is 0. The fourth-order valence-electron chi connectivity index (χ4n) is 5.13. The van der Waals surface area contributed by atoms with Crippen molar-refractivity contribution in [2.24, 2.45) is 5.92 Å². The highest BCUT2D eigenvalue weighted by atomic mass is 35.5. The summed E-state index contributed by atoms with van der Waals surface area (Å²) < 4.78 is 43.3. The molecule has 0 amide bonds. The molecule has 2 unspecified atom stereocenters. The summed E-state index contributed by atoms with van der Waals surface area (Å²) >= 11 is 0. The molecule has 3 fully saturated rings. The van der Waals surface area contributed by atoms with E-state index in [1.54, 1.807) is 4.90 Å². The number of fused-ring (bicyclic) bond motifs is 2. The molecule has 2 saturated heterocycles. The van der Waals surface area contributed by atoms with E-state index in [9.17, 15) is 9.59 Å². The van der Waals surface area contributed by atoms with Crippen molar-refractivity contribution in [2.45, 2.75) is 37.8 Å². The lowest BCUT2D eigenvalue weighted by Gasteiger charge is -2.29. The Morgan fingerprint density at radius 2 is 2.12 bits per heavy atom. The summed E-state index contributed by atoms with van der Waals surface area (Å²) in [5, 5.41) is 12.0. The van der Waals surface area contributed by atoms with Crippen molar-refractivity contribution < 1.29 is 28.2 Å². The van der Waals surface area contributed by atoms with Gasteiger partial charge in [0.05, 0.1) is 17.1 Å². The number of aromatic nitrogens is 1. The first-order valence-electron chi connectivity index (χ1n) is 10.9. The molecule has 3 aliphatic rings. The summed E-state index contributed by atoms with van der Waals surface area (Å²) in [5.74, 6) is -1.99. The average Bonchev–Trinajstić information content (AvgIpc) is 3.42. The van der Waals surface area contributed by atoms with Crippen LogP contribution in [0.1, 0.15) is 32.2 Å². The van der Waals surface area contributed by atoms with E-state index in [0.29, 0.717) is 26.2 Å². The van der Waals surface area contributed by atoms with Crippen molar-refractivity contribution in [2.75, 3.05) is 37.7 Å². The molecule has 3 heterocycles. The van der Waals surface area contributed by atoms with Crippen molar-refractivity contribution in [1.82, 2.24) is 9.88 Å². The lowest BCUT2D eigenvalue weighted by atomic mass is 9.91. The third kappa shape index (κ3) is 3.94. The van der Waals surface area contributed by atoms with Crippen LogP contribution in [0.15, 0.2) is 17.1 Å². The summed E-state index contributed by atoms with van der Waals surface area (Å²) in [6.07, 6.45) is 1.89. The maximum absolute atomic E-state index is 15.9. The molecule has 8 nitrogen and oxygen atoms in total. The minimum absolute atomic E-state index is 0. The Balaban J connectivity index is 0.00000259. The topological polar surface area (TPSA) is 93.0 Å². The molecule has 2 atom stereocenters. The highest BCUT2D eigenvalue weighted by Gasteiger charge is 2.51. The maximum atomic E-state index is 15.9. The zero-order valence-corrected chi connectivity index (χ0v) is 18.9. The third-order valence-corrected chi connectivity index (χ3v) is 6.78. The molecule has 1 aromatic carbocycles. The van der Waals surface area contributed by atoms with E-state index in [1.807, 2.05) is 6.92 Å². The van der Waals surface area contributed by atoms with E-state index < -0.39 is 34.6 Å². The van der Waals surface area contributed by atoms with Crippen molar-refractivity contribution in [3.8, 4) is 5.75 Å². The number of rotatable bonds is 6. The van der Waals surface area contributed by atoms with E-state index in [2.05, 4.69) is 10.1 Å². The van der Waals surface area contributed by atoms with Gasteiger partial charge >= 0.3 is 6.16 Å². The number of carboxylic acid groups (broad SMARTS) is 1. The minimum atomic E-state index is -1.66. The molecule has 0 spiro atoms. The molecule has 0 bridgehead atoms. The minimum Gasteiger partial charge on any atom is -0.449 e. The predicted octanol–water partition coefficient (Wildman–Crippen LogP) is 3.30. The zero-order valence-electron chi connectivity index (χ0n) is 18.1. The molecule has 180 valence electrons. The van der Waals surface area contributed by atoms with Gasteiger partial charge in [0, 0.05) is 38.2 Å². The first-order valence-corrected chi connectivity index (χ1v) is 10.9. The normalized spacial score (nSPS) is 24.1. The van der Waals surface area contributed by atoms with Gasteiger partial charge in [0.1, 0.15) is 17.1 Å². The Hall–Kier alpha value is -2.43. The molecule has 1 saturated carbocycles. The van der Waals surface area contributed by atoms with Crippen LogP contribution >= 0.6 is 12.4 Å². The zero-order chi connectivity index (χ0) is 22.6. The van der Waals surface area contributed by atoms with Gasteiger partial charge in [0.2, 0.25) is 5.43 Å². The average molecular weight is 486 g/mol. The summed E-state index contributed by atoms with van der Waals surface area (Å²) in [4.78, 5) is 25.4. The standard InChI is InChI=1S/C22H25F2N3O5.ClH/c1-2-25-10-22-11-26(8-12(22)5-6-31-22)19-15(23)7-14-18(17(19)24)27(13-3-4-13)9-16(20(14)28)32-21(29)30;/h7,9,12-13,25H,2-6,8,10-11H2,1H3,(H,29,30);1H. The van der Waals surface area contributed by atoms with Gasteiger partial charge in [-0.1, -0.05) is 6.92 Å². The number of carbonyl (C=O) groups is 1. The molecular weight excluding hydrogens is 460 g/mol. The molecule has 2 aromatic rings. The fraction of sp³-hybridized carbons (Fsp3) is 0.545. The second-order valence-corrected chi connectivity index (χ2v) is 8.81. The smallest absolute Gasteiger partial charge is 0.449 e. The summed E-state index contributed by atoms with van der Waals surface area (Å²) in [6, 6.07) is 0.902. The van der Waals surface area contributed by atoms with Gasteiger partial charge < -0.3 is 29.4 Å². The van der Waals surface area contributed by atoms with Gasteiger partial charge in [0.15, 0.2) is 11.6 Å². The van der Waals surface area contributed by atoms with Crippen molar-refractivity contribution in [3.63, 3.8) is 0 Å². The van der Waals surface area contributed by atoms with Crippen LogP contribution < -0.4 is 20.4 Å². The number of anilines is 1. The number of ether oxygens (including phenoxy) is 2. The quantitative estimate of drug-likeness (QED) is 0.606. The number of hydrogen-bond donors (Lipinski definition) is 2. The SMILES string of the molecule is CCNCC12CN(c3c(F)cc4c(=O)c(OC(=O)O)cn(C5CC5)c4c3F)CC1CCO2.Cl. The molecule has 2 N–H and O–H groups in total. The first-order chi connectivity index (χ1) is 15.3. The van der Waals surface area contributed by atoms with E-state index >= 15 is 8.78 Å². The highest BCUT2D eigenvalue weighted by molar-refractivity contribution is 5.86. The Kier molecular flexibility index (Phi) is 6.28. The Labute approximate surface area is 194 Å². The van der Waals surface area contributed by atoms with E-state index in [1.165, 1.54) is 10.8 Å². The second kappa shape index (κ2) is 8.73. The van der Waals surface area contributed by atoms with Gasteiger partial charge in [-0.25, -0.2) is 13.6 Å². The van der Waals surface area contributed by atoms with Gasteiger partial charge in [-0.2, -0.15) is 0 Å². The van der Waals surface area contributed by atoms with Crippen molar-refractivity contribution >= 4 is 35.2 Å². The number of pyridine rings is 1. The van der Waals surface area contributed by atoms with Crippen LogP contribution in [0.2, 0.25) is 0 Å². The Bertz CT molecular complexity index is 1160. The lowest BCUT2D eigenvalue weighted by Crippen LogP contribution is -2.46. The number of hydrogen-bond acceptors (Lipinski definition) is 6. The molecular formula is C22H26ClF2N3O5. The van der Waals surface area contributed by atoms with Crippen LogP contribution in [0.25, 0.3) is 10.9 Å². The Morgan fingerprint density at radius 1 is 1.36 bits per heavy atom. The van der Waals surface area contributed by atoms with Crippen LogP contribution in [-0.2, 0) is 4.74 Å². The van der Waals surface area contributed by atoms with Gasteiger partial charge in [0.25, 0.3) is 0 Å². The van der Waals surface area contributed by atoms with Crippen molar-refractivity contribution in [3.05, 3.63) is 34.1 Å². The number of nitrogens with one attached hydrogen (secondary N) is 1. The van der Waals surface area contributed by atoms with Crippen LogP contribution in [0.3, 0.4) is 0 Å². The van der Waals surface area contributed by atoms with E-state index in [-0.39, 0.29) is 41.0 Å². The van der Waals surface area contributed by atoms with Crippen LogP contribution in [-0.4, -0.2) is 54.2 Å². The fourth-order valence-corrected chi connectivity index (χ4v) is 5.13. The molecule has 2 aliphatic heterocycles. The monoisotopic (exact) mass is 485 g/mol. The Morgan fingerprint density at radius 3 is 2.79 bits per heavy atom.